The lowest BCUT2D eigenvalue weighted by molar-refractivity contribution is -0.118. The Morgan fingerprint density at radius 3 is 2.50 bits per heavy atom. The molecule has 0 aliphatic rings. The van der Waals surface area contributed by atoms with Crippen LogP contribution in [0.1, 0.15) is 12.5 Å². The van der Waals surface area contributed by atoms with Gasteiger partial charge in [-0.25, -0.2) is 5.43 Å². The topological polar surface area (TPSA) is 111 Å². The molecular formula is C26H25N5O4S. The van der Waals surface area contributed by atoms with E-state index in [1.54, 1.807) is 45.4 Å². The first-order valence-electron chi connectivity index (χ1n) is 11.0. The number of nitrogens with zero attached hydrogens (tertiary/aromatic N) is 4. The molecule has 36 heavy (non-hydrogen) atoms. The molecule has 0 spiro atoms. The minimum atomic E-state index is -0.296. The third kappa shape index (κ3) is 5.66. The van der Waals surface area contributed by atoms with Crippen LogP contribution in [0.25, 0.3) is 17.1 Å². The third-order valence-electron chi connectivity index (χ3n) is 5.23. The van der Waals surface area contributed by atoms with Gasteiger partial charge >= 0.3 is 0 Å². The number of para-hydroxylation sites is 1. The fourth-order valence-electron chi connectivity index (χ4n) is 3.44. The molecule has 10 heteroatoms. The van der Waals surface area contributed by atoms with Crippen LogP contribution in [0.3, 0.4) is 0 Å². The molecule has 0 fully saturated rings. The lowest BCUT2D eigenvalue weighted by atomic mass is 10.1. The highest BCUT2D eigenvalue weighted by molar-refractivity contribution is 7.99. The van der Waals surface area contributed by atoms with E-state index in [1.165, 1.54) is 11.8 Å². The Morgan fingerprint density at radius 1 is 1.00 bits per heavy atom. The minimum Gasteiger partial charge on any atom is -0.508 e. The molecule has 2 N–H and O–H groups in total. The zero-order valence-electron chi connectivity index (χ0n) is 20.0. The summed E-state index contributed by atoms with van der Waals surface area (Å²) in [6, 6.07) is 21.9. The molecule has 0 radical (unpaired) electrons. The van der Waals surface area contributed by atoms with Gasteiger partial charge in [-0.2, -0.15) is 5.10 Å². The Balaban J connectivity index is 1.56. The smallest absolute Gasteiger partial charge is 0.250 e. The van der Waals surface area contributed by atoms with Crippen LogP contribution in [0.5, 0.6) is 17.2 Å². The molecule has 0 aliphatic carbocycles. The highest BCUT2D eigenvalue weighted by Crippen LogP contribution is 2.34. The van der Waals surface area contributed by atoms with E-state index in [-0.39, 0.29) is 17.4 Å². The van der Waals surface area contributed by atoms with E-state index in [2.05, 4.69) is 20.7 Å². The van der Waals surface area contributed by atoms with Crippen LogP contribution >= 0.6 is 11.8 Å². The number of carbonyl (C=O) groups is 1. The van der Waals surface area contributed by atoms with Gasteiger partial charge in [-0.3, -0.25) is 9.36 Å². The second kappa shape index (κ2) is 11.4. The maximum atomic E-state index is 12.5. The molecule has 1 aromatic heterocycles. The number of hydrazone groups is 1. The molecule has 4 aromatic rings. The highest BCUT2D eigenvalue weighted by Gasteiger charge is 2.18. The van der Waals surface area contributed by atoms with Crippen molar-refractivity contribution >= 4 is 23.4 Å². The second-order valence-corrected chi connectivity index (χ2v) is 8.56. The third-order valence-corrected chi connectivity index (χ3v) is 6.16. The number of benzene rings is 3. The molecule has 0 aliphatic heterocycles. The van der Waals surface area contributed by atoms with Gasteiger partial charge in [0.2, 0.25) is 0 Å². The second-order valence-electron chi connectivity index (χ2n) is 7.62. The van der Waals surface area contributed by atoms with Crippen LogP contribution in [-0.2, 0) is 4.79 Å². The number of hydrogen-bond acceptors (Lipinski definition) is 8. The first-order valence-corrected chi connectivity index (χ1v) is 12.0. The molecule has 0 unspecified atom stereocenters. The first-order chi connectivity index (χ1) is 17.5. The first kappa shape index (κ1) is 24.8. The summed E-state index contributed by atoms with van der Waals surface area (Å²) >= 11 is 1.25. The quantitative estimate of drug-likeness (QED) is 0.199. The van der Waals surface area contributed by atoms with Crippen molar-refractivity contribution in [3.8, 4) is 34.3 Å². The predicted molar refractivity (Wildman–Crippen MR) is 139 cm³/mol. The monoisotopic (exact) mass is 503 g/mol. The Kier molecular flexibility index (Phi) is 7.86. The molecule has 1 heterocycles. The number of nitrogens with one attached hydrogen (secondary N) is 1. The molecule has 0 bridgehead atoms. The number of rotatable bonds is 9. The normalized spacial score (nSPS) is 11.2. The van der Waals surface area contributed by atoms with Crippen molar-refractivity contribution in [1.82, 2.24) is 20.2 Å². The molecule has 3 aromatic carbocycles. The Bertz CT molecular complexity index is 1390. The van der Waals surface area contributed by atoms with Crippen molar-refractivity contribution in [2.45, 2.75) is 12.1 Å². The predicted octanol–water partition coefficient (Wildman–Crippen LogP) is 4.29. The number of carbonyl (C=O) groups excluding carboxylic acids is 1. The summed E-state index contributed by atoms with van der Waals surface area (Å²) in [5.41, 5.74) is 5.48. The molecule has 0 saturated heterocycles. The fraction of sp³-hybridized carbons (Fsp3) is 0.154. The summed E-state index contributed by atoms with van der Waals surface area (Å²) in [6.07, 6.45) is 0. The zero-order chi connectivity index (χ0) is 25.5. The summed E-state index contributed by atoms with van der Waals surface area (Å²) < 4.78 is 12.7. The van der Waals surface area contributed by atoms with E-state index in [0.717, 1.165) is 11.3 Å². The van der Waals surface area contributed by atoms with E-state index in [1.807, 2.05) is 53.1 Å². The number of methoxy groups -OCH3 is 2. The van der Waals surface area contributed by atoms with Gasteiger partial charge < -0.3 is 14.6 Å². The molecule has 9 nitrogen and oxygen atoms in total. The van der Waals surface area contributed by atoms with Gasteiger partial charge in [-0.15, -0.1) is 10.2 Å². The molecule has 0 atom stereocenters. The summed E-state index contributed by atoms with van der Waals surface area (Å²) in [5, 5.41) is 23.1. The molecule has 4 rings (SSSR count). The summed E-state index contributed by atoms with van der Waals surface area (Å²) in [5.74, 6) is 1.70. The van der Waals surface area contributed by atoms with Crippen LogP contribution in [-0.4, -0.2) is 51.5 Å². The van der Waals surface area contributed by atoms with Crippen molar-refractivity contribution < 1.29 is 19.4 Å². The molecule has 1 amide bonds. The van der Waals surface area contributed by atoms with Gasteiger partial charge in [0.15, 0.2) is 22.5 Å². The summed E-state index contributed by atoms with van der Waals surface area (Å²) in [7, 11) is 3.16. The number of aromatic hydroxyl groups is 1. The van der Waals surface area contributed by atoms with E-state index in [9.17, 15) is 9.90 Å². The number of ether oxygens (including phenoxy) is 2. The molecular weight excluding hydrogens is 478 g/mol. The average molecular weight is 504 g/mol. The number of aromatic nitrogens is 3. The van der Waals surface area contributed by atoms with Crippen LogP contribution in [0, 0.1) is 0 Å². The summed E-state index contributed by atoms with van der Waals surface area (Å²) in [6.45, 7) is 1.75. The fourth-order valence-corrected chi connectivity index (χ4v) is 4.18. The van der Waals surface area contributed by atoms with Gasteiger partial charge in [0, 0.05) is 16.8 Å². The van der Waals surface area contributed by atoms with Gasteiger partial charge in [-0.05, 0) is 49.4 Å². The lowest BCUT2D eigenvalue weighted by Gasteiger charge is -2.12. The minimum absolute atomic E-state index is 0.0771. The maximum absolute atomic E-state index is 12.5. The van der Waals surface area contributed by atoms with Crippen LogP contribution in [0.2, 0.25) is 0 Å². The maximum Gasteiger partial charge on any atom is 0.250 e. The van der Waals surface area contributed by atoms with Crippen LogP contribution < -0.4 is 14.9 Å². The zero-order valence-corrected chi connectivity index (χ0v) is 20.8. The number of phenols is 1. The number of thioether (sulfide) groups is 1. The number of amides is 1. The van der Waals surface area contributed by atoms with Crippen molar-refractivity contribution in [2.75, 3.05) is 20.0 Å². The summed E-state index contributed by atoms with van der Waals surface area (Å²) in [4.78, 5) is 12.5. The number of phenolic OH excluding ortho intramolecular Hbond substituents is 1. The van der Waals surface area contributed by atoms with Gasteiger partial charge in [0.05, 0.1) is 25.7 Å². The van der Waals surface area contributed by atoms with Crippen LogP contribution in [0.15, 0.2) is 83.1 Å². The van der Waals surface area contributed by atoms with Gasteiger partial charge in [0.1, 0.15) is 5.75 Å². The van der Waals surface area contributed by atoms with Crippen molar-refractivity contribution in [3.05, 3.63) is 78.4 Å². The Hall–Kier alpha value is -4.31. The lowest BCUT2D eigenvalue weighted by Crippen LogP contribution is -2.21. The van der Waals surface area contributed by atoms with Crippen LogP contribution in [0.4, 0.5) is 0 Å². The van der Waals surface area contributed by atoms with Gasteiger partial charge in [-0.1, -0.05) is 42.1 Å². The Morgan fingerprint density at radius 2 is 1.78 bits per heavy atom. The van der Waals surface area contributed by atoms with E-state index in [4.69, 9.17) is 9.47 Å². The molecule has 0 saturated carbocycles. The van der Waals surface area contributed by atoms with Crippen molar-refractivity contribution in [3.63, 3.8) is 0 Å². The molecule has 184 valence electrons. The number of hydrogen-bond donors (Lipinski definition) is 2. The van der Waals surface area contributed by atoms with Crippen molar-refractivity contribution in [2.24, 2.45) is 5.10 Å². The average Bonchev–Trinajstić information content (AvgIpc) is 3.34. The SMILES string of the molecule is COc1ccc(-c2nnc(SCC(=O)NN=C(C)c3cccc(O)c3)n2-c2ccccc2)cc1OC. The van der Waals surface area contributed by atoms with E-state index in [0.29, 0.717) is 33.8 Å². The Labute approximate surface area is 212 Å². The standard InChI is InChI=1S/C26H25N5O4S/c1-17(18-8-7-11-21(32)14-18)27-28-24(33)16-36-26-30-29-25(31(26)20-9-5-4-6-10-20)19-12-13-22(34-2)23(15-19)35-3/h4-15,32H,16H2,1-3H3,(H,28,33). The highest BCUT2D eigenvalue weighted by atomic mass is 32.2. The largest absolute Gasteiger partial charge is 0.508 e. The van der Waals surface area contributed by atoms with E-state index >= 15 is 0 Å². The van der Waals surface area contributed by atoms with Gasteiger partial charge in [0.25, 0.3) is 5.91 Å². The van der Waals surface area contributed by atoms with E-state index < -0.39 is 0 Å². The van der Waals surface area contributed by atoms with Crippen molar-refractivity contribution in [1.29, 1.82) is 0 Å².